The van der Waals surface area contributed by atoms with E-state index in [-0.39, 0.29) is 42.6 Å². The second kappa shape index (κ2) is 9.38. The maximum atomic E-state index is 13.3. The van der Waals surface area contributed by atoms with Gasteiger partial charge in [0.15, 0.2) is 5.69 Å². The molecular formula is C19H20F3N3O2S. The lowest BCUT2D eigenvalue weighted by atomic mass is 10.1. The maximum absolute atomic E-state index is 13.3. The van der Waals surface area contributed by atoms with Crippen LogP contribution in [0.15, 0.2) is 30.3 Å². The number of benzene rings is 1. The normalized spacial score (nSPS) is 13.8. The van der Waals surface area contributed by atoms with Crippen molar-refractivity contribution in [3.63, 3.8) is 0 Å². The number of alkyl halides is 3. The molecule has 0 radical (unpaired) electrons. The zero-order valence-electron chi connectivity index (χ0n) is 15.1. The van der Waals surface area contributed by atoms with Gasteiger partial charge < -0.3 is 10.1 Å². The van der Waals surface area contributed by atoms with Gasteiger partial charge in [0.1, 0.15) is 5.82 Å². The SMILES string of the molecule is O=C(CSCc1ccccc1)NCCc1nc2c(c(C(F)(F)F)n1)COCC2. The molecule has 1 aliphatic rings. The predicted octanol–water partition coefficient (Wildman–Crippen LogP) is 3.16. The second-order valence-electron chi connectivity index (χ2n) is 6.29. The third-order valence-corrected chi connectivity index (χ3v) is 5.16. The van der Waals surface area contributed by atoms with E-state index in [0.717, 1.165) is 11.3 Å². The molecule has 150 valence electrons. The summed E-state index contributed by atoms with van der Waals surface area (Å²) in [6.07, 6.45) is -4.08. The number of nitrogens with one attached hydrogen (secondary N) is 1. The summed E-state index contributed by atoms with van der Waals surface area (Å²) in [5.41, 5.74) is 0.598. The summed E-state index contributed by atoms with van der Waals surface area (Å²) in [5.74, 6) is 0.929. The minimum absolute atomic E-state index is 0.0175. The number of halogens is 3. The van der Waals surface area contributed by atoms with E-state index in [4.69, 9.17) is 4.74 Å². The lowest BCUT2D eigenvalue weighted by molar-refractivity contribution is -0.143. The number of hydrogen-bond acceptors (Lipinski definition) is 5. The van der Waals surface area contributed by atoms with Crippen LogP contribution < -0.4 is 5.32 Å². The largest absolute Gasteiger partial charge is 0.433 e. The summed E-state index contributed by atoms with van der Waals surface area (Å²) in [6.45, 7) is 0.410. The van der Waals surface area contributed by atoms with Crippen LogP contribution in [0.3, 0.4) is 0 Å². The molecule has 0 unspecified atom stereocenters. The maximum Gasteiger partial charge on any atom is 0.433 e. The molecule has 1 amide bonds. The van der Waals surface area contributed by atoms with Gasteiger partial charge >= 0.3 is 6.18 Å². The predicted molar refractivity (Wildman–Crippen MR) is 99.7 cm³/mol. The second-order valence-corrected chi connectivity index (χ2v) is 7.28. The van der Waals surface area contributed by atoms with E-state index in [1.54, 1.807) is 0 Å². The van der Waals surface area contributed by atoms with E-state index in [1.807, 2.05) is 30.3 Å². The summed E-state index contributed by atoms with van der Waals surface area (Å²) in [5, 5.41) is 2.71. The molecule has 0 saturated carbocycles. The van der Waals surface area contributed by atoms with E-state index in [2.05, 4.69) is 15.3 Å². The van der Waals surface area contributed by atoms with E-state index in [0.29, 0.717) is 18.7 Å². The van der Waals surface area contributed by atoms with Gasteiger partial charge in [0.25, 0.3) is 0 Å². The Kier molecular flexibility index (Phi) is 6.90. The molecule has 2 aromatic rings. The fraction of sp³-hybridized carbons (Fsp3) is 0.421. The van der Waals surface area contributed by atoms with Crippen molar-refractivity contribution < 1.29 is 22.7 Å². The van der Waals surface area contributed by atoms with Gasteiger partial charge in [-0.15, -0.1) is 11.8 Å². The average molecular weight is 411 g/mol. The van der Waals surface area contributed by atoms with Gasteiger partial charge in [-0.25, -0.2) is 9.97 Å². The molecule has 0 saturated heterocycles. The number of amides is 1. The molecule has 28 heavy (non-hydrogen) atoms. The highest BCUT2D eigenvalue weighted by Gasteiger charge is 2.38. The summed E-state index contributed by atoms with van der Waals surface area (Å²) in [4.78, 5) is 19.8. The van der Waals surface area contributed by atoms with Crippen molar-refractivity contribution in [2.75, 3.05) is 18.9 Å². The lowest BCUT2D eigenvalue weighted by Crippen LogP contribution is -2.29. The van der Waals surface area contributed by atoms with E-state index in [1.165, 1.54) is 11.8 Å². The Morgan fingerprint density at radius 2 is 2.00 bits per heavy atom. The lowest BCUT2D eigenvalue weighted by Gasteiger charge is -2.20. The summed E-state index contributed by atoms with van der Waals surface area (Å²) >= 11 is 1.48. The number of rotatable bonds is 7. The fourth-order valence-electron chi connectivity index (χ4n) is 2.83. The molecule has 1 aliphatic heterocycles. The minimum atomic E-state index is -4.56. The number of hydrogen-bond donors (Lipinski definition) is 1. The van der Waals surface area contributed by atoms with E-state index < -0.39 is 11.9 Å². The van der Waals surface area contributed by atoms with Crippen LogP contribution in [0.5, 0.6) is 0 Å². The van der Waals surface area contributed by atoms with Crippen LogP contribution in [0.2, 0.25) is 0 Å². The zero-order valence-corrected chi connectivity index (χ0v) is 15.9. The Morgan fingerprint density at radius 1 is 1.21 bits per heavy atom. The van der Waals surface area contributed by atoms with E-state index >= 15 is 0 Å². The van der Waals surface area contributed by atoms with Crippen molar-refractivity contribution in [3.05, 3.63) is 58.7 Å². The van der Waals surface area contributed by atoms with Crippen molar-refractivity contribution in [2.24, 2.45) is 0 Å². The van der Waals surface area contributed by atoms with Gasteiger partial charge in [-0.1, -0.05) is 30.3 Å². The van der Waals surface area contributed by atoms with Crippen LogP contribution in [-0.4, -0.2) is 34.8 Å². The Morgan fingerprint density at radius 3 is 2.75 bits per heavy atom. The first-order valence-corrected chi connectivity index (χ1v) is 10.0. The van der Waals surface area contributed by atoms with E-state index in [9.17, 15) is 18.0 Å². The summed E-state index contributed by atoms with van der Waals surface area (Å²) in [7, 11) is 0. The van der Waals surface area contributed by atoms with Crippen LogP contribution in [-0.2, 0) is 40.9 Å². The molecule has 1 aromatic heterocycles. The van der Waals surface area contributed by atoms with Gasteiger partial charge in [0, 0.05) is 30.7 Å². The zero-order chi connectivity index (χ0) is 20.0. The quantitative estimate of drug-likeness (QED) is 0.758. The van der Waals surface area contributed by atoms with Crippen LogP contribution in [0, 0.1) is 0 Å². The molecule has 0 spiro atoms. The number of carbonyl (C=O) groups excluding carboxylic acids is 1. The van der Waals surface area contributed by atoms with Gasteiger partial charge in [-0.3, -0.25) is 4.79 Å². The van der Waals surface area contributed by atoms with Gasteiger partial charge in [-0.05, 0) is 5.56 Å². The van der Waals surface area contributed by atoms with Crippen LogP contribution in [0.4, 0.5) is 13.2 Å². The van der Waals surface area contributed by atoms with Gasteiger partial charge in [-0.2, -0.15) is 13.2 Å². The molecule has 0 atom stereocenters. The highest BCUT2D eigenvalue weighted by atomic mass is 32.2. The number of thioether (sulfide) groups is 1. The standard InChI is InChI=1S/C19H20F3N3O2S/c20-19(21,22)18-14-10-27-9-7-15(14)24-16(25-18)6-8-23-17(26)12-28-11-13-4-2-1-3-5-13/h1-5H,6-12H2,(H,23,26). The van der Waals surface area contributed by atoms with Crippen molar-refractivity contribution in [2.45, 2.75) is 31.4 Å². The summed E-state index contributed by atoms with van der Waals surface area (Å²) in [6, 6.07) is 9.79. The Bertz CT molecular complexity index is 816. The molecule has 5 nitrogen and oxygen atoms in total. The number of aromatic nitrogens is 2. The molecule has 1 N–H and O–H groups in total. The molecule has 9 heteroatoms. The minimum Gasteiger partial charge on any atom is -0.376 e. The Labute approximate surface area is 165 Å². The molecule has 0 fully saturated rings. The number of fused-ring (bicyclic) bond motifs is 1. The molecular weight excluding hydrogens is 391 g/mol. The van der Waals surface area contributed by atoms with Gasteiger partial charge in [0.05, 0.1) is 24.7 Å². The number of ether oxygens (including phenoxy) is 1. The fourth-order valence-corrected chi connectivity index (χ4v) is 3.65. The third kappa shape index (κ3) is 5.68. The third-order valence-electron chi connectivity index (χ3n) is 4.15. The van der Waals surface area contributed by atoms with Gasteiger partial charge in [0.2, 0.25) is 5.91 Å². The van der Waals surface area contributed by atoms with Crippen LogP contribution >= 0.6 is 11.8 Å². The average Bonchev–Trinajstić information content (AvgIpc) is 2.67. The van der Waals surface area contributed by atoms with Crippen molar-refractivity contribution in [1.82, 2.24) is 15.3 Å². The van der Waals surface area contributed by atoms with Crippen molar-refractivity contribution in [3.8, 4) is 0 Å². The van der Waals surface area contributed by atoms with Crippen molar-refractivity contribution in [1.29, 1.82) is 0 Å². The first kappa shape index (κ1) is 20.6. The van der Waals surface area contributed by atoms with Crippen molar-refractivity contribution >= 4 is 17.7 Å². The Hall–Kier alpha value is -2.13. The Balaban J connectivity index is 1.51. The van der Waals surface area contributed by atoms with Crippen LogP contribution in [0.25, 0.3) is 0 Å². The first-order chi connectivity index (χ1) is 13.4. The molecule has 0 bridgehead atoms. The molecule has 3 rings (SSSR count). The first-order valence-electron chi connectivity index (χ1n) is 8.85. The molecule has 2 heterocycles. The topological polar surface area (TPSA) is 64.1 Å². The molecule has 1 aromatic carbocycles. The number of carbonyl (C=O) groups is 1. The highest BCUT2D eigenvalue weighted by Crippen LogP contribution is 2.33. The highest BCUT2D eigenvalue weighted by molar-refractivity contribution is 7.99. The monoisotopic (exact) mass is 411 g/mol. The number of nitrogens with zero attached hydrogens (tertiary/aromatic N) is 2. The van der Waals surface area contributed by atoms with Crippen LogP contribution in [0.1, 0.15) is 28.3 Å². The molecule has 0 aliphatic carbocycles. The summed E-state index contributed by atoms with van der Waals surface area (Å²) < 4.78 is 44.9. The smallest absolute Gasteiger partial charge is 0.376 e.